The van der Waals surface area contributed by atoms with Gasteiger partial charge in [0.05, 0.1) is 11.0 Å². The maximum atomic E-state index is 12.1. The van der Waals surface area contributed by atoms with Crippen LogP contribution in [-0.4, -0.2) is 37.0 Å². The SMILES string of the molecule is NNc1ccc(S(=O)(=O)N2CCC(O)C2)cc1. The van der Waals surface area contributed by atoms with Crippen LogP contribution in [-0.2, 0) is 10.0 Å². The van der Waals surface area contributed by atoms with Gasteiger partial charge in [0.15, 0.2) is 0 Å². The summed E-state index contributed by atoms with van der Waals surface area (Å²) in [5.41, 5.74) is 3.08. The lowest BCUT2D eigenvalue weighted by Gasteiger charge is -2.15. The van der Waals surface area contributed by atoms with E-state index in [4.69, 9.17) is 5.84 Å². The predicted molar refractivity (Wildman–Crippen MR) is 63.6 cm³/mol. The number of aliphatic hydroxyl groups excluding tert-OH is 1. The van der Waals surface area contributed by atoms with Crippen LogP contribution >= 0.6 is 0 Å². The van der Waals surface area contributed by atoms with Gasteiger partial charge in [-0.25, -0.2) is 8.42 Å². The molecule has 0 aromatic heterocycles. The highest BCUT2D eigenvalue weighted by Crippen LogP contribution is 2.22. The Kier molecular flexibility index (Phi) is 3.34. The summed E-state index contributed by atoms with van der Waals surface area (Å²) >= 11 is 0. The molecule has 0 saturated carbocycles. The lowest BCUT2D eigenvalue weighted by molar-refractivity contribution is 0.189. The molecule has 0 aliphatic carbocycles. The van der Waals surface area contributed by atoms with Gasteiger partial charge in [-0.15, -0.1) is 0 Å². The first-order valence-electron chi connectivity index (χ1n) is 5.29. The zero-order valence-electron chi connectivity index (χ0n) is 9.20. The van der Waals surface area contributed by atoms with Gasteiger partial charge in [0, 0.05) is 18.8 Å². The molecular weight excluding hydrogens is 242 g/mol. The quantitative estimate of drug-likeness (QED) is 0.511. The summed E-state index contributed by atoms with van der Waals surface area (Å²) in [6, 6.07) is 6.18. The molecule has 2 rings (SSSR count). The zero-order valence-corrected chi connectivity index (χ0v) is 10.0. The van der Waals surface area contributed by atoms with Gasteiger partial charge in [-0.1, -0.05) is 0 Å². The van der Waals surface area contributed by atoms with Crippen molar-refractivity contribution in [1.82, 2.24) is 4.31 Å². The largest absolute Gasteiger partial charge is 0.392 e. The molecule has 94 valence electrons. The van der Waals surface area contributed by atoms with E-state index in [9.17, 15) is 13.5 Å². The first kappa shape index (κ1) is 12.3. The Morgan fingerprint density at radius 3 is 2.47 bits per heavy atom. The summed E-state index contributed by atoms with van der Waals surface area (Å²) in [6.45, 7) is 0.527. The maximum Gasteiger partial charge on any atom is 0.243 e. The number of rotatable bonds is 3. The van der Waals surface area contributed by atoms with Gasteiger partial charge in [-0.05, 0) is 30.7 Å². The van der Waals surface area contributed by atoms with E-state index in [1.54, 1.807) is 12.1 Å². The fourth-order valence-electron chi connectivity index (χ4n) is 1.80. The van der Waals surface area contributed by atoms with Crippen LogP contribution in [0, 0.1) is 0 Å². The molecule has 17 heavy (non-hydrogen) atoms. The summed E-state index contributed by atoms with van der Waals surface area (Å²) in [5.74, 6) is 5.21. The number of hydrogen-bond acceptors (Lipinski definition) is 5. The number of aliphatic hydroxyl groups is 1. The number of sulfonamides is 1. The Bertz CT molecular complexity index is 486. The van der Waals surface area contributed by atoms with E-state index in [1.807, 2.05) is 0 Å². The van der Waals surface area contributed by atoms with Gasteiger partial charge in [0.2, 0.25) is 10.0 Å². The van der Waals surface area contributed by atoms with Gasteiger partial charge in [0.25, 0.3) is 0 Å². The molecule has 7 heteroatoms. The smallest absolute Gasteiger partial charge is 0.243 e. The monoisotopic (exact) mass is 257 g/mol. The van der Waals surface area contributed by atoms with Crippen LogP contribution in [0.3, 0.4) is 0 Å². The average Bonchev–Trinajstić information content (AvgIpc) is 2.77. The molecule has 6 nitrogen and oxygen atoms in total. The summed E-state index contributed by atoms with van der Waals surface area (Å²) in [4.78, 5) is 0.214. The first-order chi connectivity index (χ1) is 8.04. The lowest BCUT2D eigenvalue weighted by Crippen LogP contribution is -2.29. The summed E-state index contributed by atoms with van der Waals surface area (Å²) in [5, 5.41) is 9.36. The van der Waals surface area contributed by atoms with Crippen LogP contribution in [0.4, 0.5) is 5.69 Å². The van der Waals surface area contributed by atoms with Crippen molar-refractivity contribution >= 4 is 15.7 Å². The second-order valence-corrected chi connectivity index (χ2v) is 5.91. The van der Waals surface area contributed by atoms with E-state index in [-0.39, 0.29) is 11.4 Å². The summed E-state index contributed by atoms with van der Waals surface area (Å²) in [6.07, 6.45) is -0.0726. The highest BCUT2D eigenvalue weighted by Gasteiger charge is 2.31. The Morgan fingerprint density at radius 2 is 2.00 bits per heavy atom. The molecule has 0 spiro atoms. The molecule has 1 fully saturated rings. The van der Waals surface area contributed by atoms with Crippen molar-refractivity contribution in [3.8, 4) is 0 Å². The average molecular weight is 257 g/mol. The number of nitrogen functional groups attached to an aromatic ring is 1. The van der Waals surface area contributed by atoms with E-state index in [1.165, 1.54) is 16.4 Å². The van der Waals surface area contributed by atoms with Crippen molar-refractivity contribution in [2.75, 3.05) is 18.5 Å². The van der Waals surface area contributed by atoms with E-state index in [0.717, 1.165) is 0 Å². The number of hydrazine groups is 1. The van der Waals surface area contributed by atoms with Crippen molar-refractivity contribution in [1.29, 1.82) is 0 Å². The molecular formula is C10H15N3O3S. The molecule has 1 heterocycles. The molecule has 1 atom stereocenters. The Labute approximate surface area is 100 Å². The van der Waals surface area contributed by atoms with Crippen molar-refractivity contribution in [2.24, 2.45) is 5.84 Å². The third kappa shape index (κ3) is 2.42. The Morgan fingerprint density at radius 1 is 1.35 bits per heavy atom. The molecule has 0 bridgehead atoms. The molecule has 1 aromatic rings. The first-order valence-corrected chi connectivity index (χ1v) is 6.73. The van der Waals surface area contributed by atoms with Crippen LogP contribution in [0.1, 0.15) is 6.42 Å². The molecule has 0 amide bonds. The standard InChI is InChI=1S/C10H15N3O3S/c11-12-8-1-3-10(4-2-8)17(15,16)13-6-5-9(14)7-13/h1-4,9,12,14H,5-7,11H2. The fraction of sp³-hybridized carbons (Fsp3) is 0.400. The number of nitrogens with one attached hydrogen (secondary N) is 1. The lowest BCUT2D eigenvalue weighted by atomic mass is 10.3. The van der Waals surface area contributed by atoms with Crippen LogP contribution < -0.4 is 11.3 Å². The Balaban J connectivity index is 2.25. The molecule has 1 aliphatic heterocycles. The number of benzene rings is 1. The van der Waals surface area contributed by atoms with E-state index in [0.29, 0.717) is 18.7 Å². The second-order valence-electron chi connectivity index (χ2n) is 3.97. The van der Waals surface area contributed by atoms with Gasteiger partial charge < -0.3 is 10.5 Å². The number of anilines is 1. The van der Waals surface area contributed by atoms with Gasteiger partial charge in [0.1, 0.15) is 0 Å². The van der Waals surface area contributed by atoms with Crippen LogP contribution in [0.5, 0.6) is 0 Å². The summed E-state index contributed by atoms with van der Waals surface area (Å²) in [7, 11) is -3.49. The van der Waals surface area contributed by atoms with Crippen molar-refractivity contribution in [2.45, 2.75) is 17.4 Å². The molecule has 1 aromatic carbocycles. The number of hydrogen-bond donors (Lipinski definition) is 3. The van der Waals surface area contributed by atoms with Crippen LogP contribution in [0.15, 0.2) is 29.2 Å². The normalized spacial score (nSPS) is 21.6. The topological polar surface area (TPSA) is 95.7 Å². The highest BCUT2D eigenvalue weighted by atomic mass is 32.2. The van der Waals surface area contributed by atoms with Crippen molar-refractivity contribution < 1.29 is 13.5 Å². The highest BCUT2D eigenvalue weighted by molar-refractivity contribution is 7.89. The molecule has 1 unspecified atom stereocenters. The minimum Gasteiger partial charge on any atom is -0.392 e. The third-order valence-electron chi connectivity index (χ3n) is 2.78. The van der Waals surface area contributed by atoms with E-state index >= 15 is 0 Å². The van der Waals surface area contributed by atoms with Crippen LogP contribution in [0.2, 0.25) is 0 Å². The third-order valence-corrected chi connectivity index (χ3v) is 4.66. The predicted octanol–water partition coefficient (Wildman–Crippen LogP) is -0.272. The van der Waals surface area contributed by atoms with Crippen molar-refractivity contribution in [3.63, 3.8) is 0 Å². The minimum atomic E-state index is -3.49. The molecule has 1 aliphatic rings. The maximum absolute atomic E-state index is 12.1. The van der Waals surface area contributed by atoms with E-state index < -0.39 is 16.1 Å². The van der Waals surface area contributed by atoms with Crippen molar-refractivity contribution in [3.05, 3.63) is 24.3 Å². The number of β-amino-alcohol motifs (C(OH)–C–C–N with tert-alkyl or cyclic N) is 1. The van der Waals surface area contributed by atoms with Crippen LogP contribution in [0.25, 0.3) is 0 Å². The number of nitrogens with zero attached hydrogens (tertiary/aromatic N) is 1. The van der Waals surface area contributed by atoms with E-state index in [2.05, 4.69) is 5.43 Å². The molecule has 0 radical (unpaired) electrons. The second kappa shape index (κ2) is 4.61. The minimum absolute atomic E-state index is 0.166. The van der Waals surface area contributed by atoms with Gasteiger partial charge in [-0.3, -0.25) is 5.84 Å². The summed E-state index contributed by atoms with van der Waals surface area (Å²) < 4.78 is 25.6. The Hall–Kier alpha value is -1.15. The molecule has 4 N–H and O–H groups in total. The van der Waals surface area contributed by atoms with Gasteiger partial charge in [-0.2, -0.15) is 4.31 Å². The van der Waals surface area contributed by atoms with Gasteiger partial charge >= 0.3 is 0 Å². The molecule has 1 saturated heterocycles. The zero-order chi connectivity index (χ0) is 12.5. The number of nitrogens with two attached hydrogens (primary N) is 1. The fourth-order valence-corrected chi connectivity index (χ4v) is 3.29.